The fourth-order valence-electron chi connectivity index (χ4n) is 2.27. The minimum atomic E-state index is 0.157. The third-order valence-corrected chi connectivity index (χ3v) is 3.72. The van der Waals surface area contributed by atoms with Crippen molar-refractivity contribution in [2.75, 3.05) is 13.2 Å². The SMILES string of the molecule is CCC(=NOCCOc1c[c]ccc1)c1ccc(C(C)(C)C)cc1. The van der Waals surface area contributed by atoms with Gasteiger partial charge in [0.2, 0.25) is 0 Å². The van der Waals surface area contributed by atoms with E-state index in [0.29, 0.717) is 13.2 Å². The molecule has 0 unspecified atom stereocenters. The van der Waals surface area contributed by atoms with Gasteiger partial charge >= 0.3 is 0 Å². The topological polar surface area (TPSA) is 30.8 Å². The van der Waals surface area contributed by atoms with E-state index < -0.39 is 0 Å². The monoisotopic (exact) mass is 324 g/mol. The fourth-order valence-corrected chi connectivity index (χ4v) is 2.27. The molecule has 0 aliphatic heterocycles. The highest BCUT2D eigenvalue weighted by Crippen LogP contribution is 2.22. The van der Waals surface area contributed by atoms with Gasteiger partial charge in [-0.1, -0.05) is 69.2 Å². The first kappa shape index (κ1) is 18.1. The van der Waals surface area contributed by atoms with Gasteiger partial charge in [0.15, 0.2) is 6.61 Å². The lowest BCUT2D eigenvalue weighted by atomic mass is 9.86. The summed E-state index contributed by atoms with van der Waals surface area (Å²) in [6.07, 6.45) is 0.823. The van der Waals surface area contributed by atoms with Crippen LogP contribution in [-0.2, 0) is 10.3 Å². The summed E-state index contributed by atoms with van der Waals surface area (Å²) < 4.78 is 5.55. The van der Waals surface area contributed by atoms with Gasteiger partial charge in [-0.05, 0) is 41.2 Å². The normalized spacial score (nSPS) is 12.1. The predicted octanol–water partition coefficient (Wildman–Crippen LogP) is 4.99. The van der Waals surface area contributed by atoms with Gasteiger partial charge in [-0.3, -0.25) is 0 Å². The summed E-state index contributed by atoms with van der Waals surface area (Å²) in [7, 11) is 0. The molecule has 3 nitrogen and oxygen atoms in total. The summed E-state index contributed by atoms with van der Waals surface area (Å²) in [4.78, 5) is 5.41. The van der Waals surface area contributed by atoms with Crippen LogP contribution in [0.25, 0.3) is 0 Å². The maximum absolute atomic E-state index is 5.55. The van der Waals surface area contributed by atoms with Gasteiger partial charge < -0.3 is 9.57 Å². The van der Waals surface area contributed by atoms with Crippen LogP contribution in [0.2, 0.25) is 0 Å². The zero-order valence-electron chi connectivity index (χ0n) is 15.0. The van der Waals surface area contributed by atoms with Crippen LogP contribution in [0.5, 0.6) is 5.75 Å². The Labute approximate surface area is 145 Å². The van der Waals surface area contributed by atoms with Crippen LogP contribution < -0.4 is 4.74 Å². The number of oxime groups is 1. The van der Waals surface area contributed by atoms with Gasteiger partial charge in [0, 0.05) is 0 Å². The molecular weight excluding hydrogens is 298 g/mol. The molecule has 2 aromatic rings. The molecule has 24 heavy (non-hydrogen) atoms. The minimum Gasteiger partial charge on any atom is -0.490 e. The minimum absolute atomic E-state index is 0.157. The molecule has 0 bridgehead atoms. The first-order valence-corrected chi connectivity index (χ1v) is 8.39. The molecule has 0 aliphatic carbocycles. The van der Waals surface area contributed by atoms with Crippen molar-refractivity contribution in [2.24, 2.45) is 5.16 Å². The average molecular weight is 324 g/mol. The molecule has 0 aromatic heterocycles. The lowest BCUT2D eigenvalue weighted by molar-refractivity contribution is 0.107. The molecule has 0 aliphatic rings. The Hall–Kier alpha value is -2.29. The van der Waals surface area contributed by atoms with Crippen LogP contribution in [0.3, 0.4) is 0 Å². The highest BCUT2D eigenvalue weighted by Gasteiger charge is 2.13. The second-order valence-electron chi connectivity index (χ2n) is 6.64. The quantitative estimate of drug-likeness (QED) is 0.408. The number of benzene rings is 2. The van der Waals surface area contributed by atoms with Gasteiger partial charge in [0.1, 0.15) is 12.4 Å². The van der Waals surface area contributed by atoms with Crippen LogP contribution in [0.4, 0.5) is 0 Å². The first-order valence-electron chi connectivity index (χ1n) is 8.39. The van der Waals surface area contributed by atoms with Crippen LogP contribution in [0, 0.1) is 6.07 Å². The molecule has 0 spiro atoms. The van der Waals surface area contributed by atoms with E-state index in [2.05, 4.69) is 63.2 Å². The molecule has 2 aromatic carbocycles. The van der Waals surface area contributed by atoms with Gasteiger partial charge in [0.25, 0.3) is 0 Å². The smallest absolute Gasteiger partial charge is 0.151 e. The maximum Gasteiger partial charge on any atom is 0.151 e. The second-order valence-corrected chi connectivity index (χ2v) is 6.64. The van der Waals surface area contributed by atoms with Gasteiger partial charge in [-0.15, -0.1) is 0 Å². The van der Waals surface area contributed by atoms with Crippen molar-refractivity contribution >= 4 is 5.71 Å². The Balaban J connectivity index is 1.87. The molecule has 0 N–H and O–H groups in total. The van der Waals surface area contributed by atoms with Crippen molar-refractivity contribution < 1.29 is 9.57 Å². The predicted molar refractivity (Wildman–Crippen MR) is 98.7 cm³/mol. The molecule has 0 atom stereocenters. The van der Waals surface area contributed by atoms with Crippen molar-refractivity contribution in [1.29, 1.82) is 0 Å². The molecular formula is C21H26NO2. The van der Waals surface area contributed by atoms with Crippen molar-refractivity contribution in [3.63, 3.8) is 0 Å². The highest BCUT2D eigenvalue weighted by molar-refractivity contribution is 6.00. The lowest BCUT2D eigenvalue weighted by Gasteiger charge is -2.19. The average Bonchev–Trinajstić information content (AvgIpc) is 2.58. The number of hydrogen-bond donors (Lipinski definition) is 0. The number of hydrogen-bond acceptors (Lipinski definition) is 3. The second kappa shape index (κ2) is 8.53. The lowest BCUT2D eigenvalue weighted by Crippen LogP contribution is -2.11. The van der Waals surface area contributed by atoms with Gasteiger partial charge in [-0.2, -0.15) is 0 Å². The van der Waals surface area contributed by atoms with E-state index in [9.17, 15) is 0 Å². The molecule has 127 valence electrons. The Morgan fingerprint density at radius 3 is 2.42 bits per heavy atom. The van der Waals surface area contributed by atoms with Crippen LogP contribution in [0.15, 0.2) is 53.7 Å². The van der Waals surface area contributed by atoms with Gasteiger partial charge in [0.05, 0.1) is 5.71 Å². The van der Waals surface area contributed by atoms with E-state index in [0.717, 1.165) is 23.4 Å². The Morgan fingerprint density at radius 2 is 1.83 bits per heavy atom. The van der Waals surface area contributed by atoms with Gasteiger partial charge in [-0.25, -0.2) is 0 Å². The van der Waals surface area contributed by atoms with Crippen LogP contribution in [0.1, 0.15) is 45.2 Å². The molecule has 2 rings (SSSR count). The summed E-state index contributed by atoms with van der Waals surface area (Å²) in [6, 6.07) is 19.0. The van der Waals surface area contributed by atoms with E-state index in [-0.39, 0.29) is 5.41 Å². The molecule has 0 amide bonds. The summed E-state index contributed by atoms with van der Waals surface area (Å²) in [5, 5.41) is 4.26. The number of nitrogens with zero attached hydrogens (tertiary/aromatic N) is 1. The number of rotatable bonds is 7. The third-order valence-electron chi connectivity index (χ3n) is 3.72. The summed E-state index contributed by atoms with van der Waals surface area (Å²) in [5.41, 5.74) is 3.52. The molecule has 1 radical (unpaired) electrons. The Bertz CT molecular complexity index is 640. The van der Waals surface area contributed by atoms with E-state index in [4.69, 9.17) is 9.57 Å². The summed E-state index contributed by atoms with van der Waals surface area (Å²) in [6.45, 7) is 9.59. The highest BCUT2D eigenvalue weighted by atomic mass is 16.6. The van der Waals surface area contributed by atoms with Crippen molar-refractivity contribution in [1.82, 2.24) is 0 Å². The maximum atomic E-state index is 5.55. The fraction of sp³-hybridized carbons (Fsp3) is 0.381. The van der Waals surface area contributed by atoms with Crippen molar-refractivity contribution in [3.8, 4) is 5.75 Å². The largest absolute Gasteiger partial charge is 0.490 e. The van der Waals surface area contributed by atoms with E-state index in [1.165, 1.54) is 5.56 Å². The molecule has 3 heteroatoms. The third kappa shape index (κ3) is 5.41. The first-order chi connectivity index (χ1) is 11.5. The molecule has 0 saturated carbocycles. The van der Waals surface area contributed by atoms with E-state index in [1.807, 2.05) is 18.2 Å². The Kier molecular flexibility index (Phi) is 6.42. The standard InChI is InChI=1S/C21H26NO2/c1-5-20(17-11-13-18(14-12-17)21(2,3)4)22-24-16-15-23-19-9-7-6-8-10-19/h6-7,9-14H,5,15-16H2,1-4H3. The Morgan fingerprint density at radius 1 is 1.08 bits per heavy atom. The molecule has 0 heterocycles. The van der Waals surface area contributed by atoms with Crippen LogP contribution in [-0.4, -0.2) is 18.9 Å². The van der Waals surface area contributed by atoms with Crippen molar-refractivity contribution in [3.05, 3.63) is 65.7 Å². The zero-order chi connectivity index (χ0) is 17.4. The number of ether oxygens (including phenoxy) is 1. The van der Waals surface area contributed by atoms with E-state index >= 15 is 0 Å². The molecule has 0 fully saturated rings. The van der Waals surface area contributed by atoms with E-state index in [1.54, 1.807) is 6.07 Å². The summed E-state index contributed by atoms with van der Waals surface area (Å²) >= 11 is 0. The molecule has 0 saturated heterocycles. The van der Waals surface area contributed by atoms with Crippen molar-refractivity contribution in [2.45, 2.75) is 39.5 Å². The zero-order valence-corrected chi connectivity index (χ0v) is 15.0. The van der Waals surface area contributed by atoms with Crippen LogP contribution >= 0.6 is 0 Å². The summed E-state index contributed by atoms with van der Waals surface area (Å²) in [5.74, 6) is 0.790.